The normalized spacial score (nSPS) is 42.2. The van der Waals surface area contributed by atoms with Gasteiger partial charge in [-0.15, -0.1) is 0 Å². The summed E-state index contributed by atoms with van der Waals surface area (Å²) in [5.74, 6) is -0.447. The minimum atomic E-state index is -0.817. The fourth-order valence-corrected chi connectivity index (χ4v) is 3.96. The molecule has 2 fully saturated rings. The Morgan fingerprint density at radius 3 is 2.71 bits per heavy atom. The number of unbranched alkanes of at least 4 members (excludes halogenated alkanes) is 1. The zero-order valence-electron chi connectivity index (χ0n) is 11.5. The fourth-order valence-electron chi connectivity index (χ4n) is 3.96. The summed E-state index contributed by atoms with van der Waals surface area (Å²) in [6.07, 6.45) is 10.5. The summed E-state index contributed by atoms with van der Waals surface area (Å²) in [4.78, 5) is 0. The molecule has 0 spiro atoms. The van der Waals surface area contributed by atoms with E-state index in [1.807, 2.05) is 0 Å². The van der Waals surface area contributed by atoms with Crippen molar-refractivity contribution in [2.75, 3.05) is 6.61 Å². The first-order chi connectivity index (χ1) is 8.11. The molecule has 0 amide bonds. The highest BCUT2D eigenvalue weighted by molar-refractivity contribution is 4.97. The van der Waals surface area contributed by atoms with Crippen LogP contribution in [0.3, 0.4) is 0 Å². The number of aliphatic hydroxyl groups is 1. The van der Waals surface area contributed by atoms with E-state index in [1.54, 1.807) is 0 Å². The Kier molecular flexibility index (Phi) is 4.14. The van der Waals surface area contributed by atoms with Gasteiger partial charge in [0.2, 0.25) is 0 Å². The lowest BCUT2D eigenvalue weighted by Crippen LogP contribution is -2.53. The van der Waals surface area contributed by atoms with Crippen LogP contribution in [0.5, 0.6) is 0 Å². The average molecular weight is 240 g/mol. The lowest BCUT2D eigenvalue weighted by Gasteiger charge is -2.53. The number of fused-ring (bicyclic) bond motifs is 1. The SMILES string of the molecule is CCCCOC1(O)CCCC2(C)CCCCC21. The van der Waals surface area contributed by atoms with Crippen LogP contribution in [-0.2, 0) is 4.74 Å². The molecule has 17 heavy (non-hydrogen) atoms. The summed E-state index contributed by atoms with van der Waals surface area (Å²) in [5, 5.41) is 10.8. The van der Waals surface area contributed by atoms with Crippen LogP contribution in [0.25, 0.3) is 0 Å². The third-order valence-electron chi connectivity index (χ3n) is 5.01. The molecule has 0 heterocycles. The molecule has 0 aliphatic heterocycles. The zero-order valence-corrected chi connectivity index (χ0v) is 11.5. The second-order valence-electron chi connectivity index (χ2n) is 6.35. The first-order valence-electron chi connectivity index (χ1n) is 7.47. The molecule has 2 aliphatic carbocycles. The lowest BCUT2D eigenvalue weighted by molar-refractivity contribution is -0.283. The molecule has 3 atom stereocenters. The maximum absolute atomic E-state index is 10.8. The van der Waals surface area contributed by atoms with Crippen LogP contribution in [0, 0.1) is 11.3 Å². The van der Waals surface area contributed by atoms with Gasteiger partial charge in [-0.3, -0.25) is 0 Å². The topological polar surface area (TPSA) is 29.5 Å². The Hall–Kier alpha value is -0.0800. The van der Waals surface area contributed by atoms with Crippen molar-refractivity contribution < 1.29 is 9.84 Å². The largest absolute Gasteiger partial charge is 0.365 e. The van der Waals surface area contributed by atoms with E-state index in [0.29, 0.717) is 11.3 Å². The van der Waals surface area contributed by atoms with Crippen molar-refractivity contribution in [3.05, 3.63) is 0 Å². The second kappa shape index (κ2) is 5.27. The van der Waals surface area contributed by atoms with Crippen LogP contribution in [0.1, 0.15) is 71.6 Å². The van der Waals surface area contributed by atoms with Crippen LogP contribution < -0.4 is 0 Å². The van der Waals surface area contributed by atoms with E-state index in [4.69, 9.17) is 4.74 Å². The molecule has 2 nitrogen and oxygen atoms in total. The number of hydrogen-bond acceptors (Lipinski definition) is 2. The molecule has 2 saturated carbocycles. The fraction of sp³-hybridized carbons (Fsp3) is 1.00. The summed E-state index contributed by atoms with van der Waals surface area (Å²) >= 11 is 0. The van der Waals surface area contributed by atoms with Crippen molar-refractivity contribution in [2.45, 2.75) is 77.4 Å². The molecule has 2 aliphatic rings. The van der Waals surface area contributed by atoms with Crippen LogP contribution in [0.15, 0.2) is 0 Å². The van der Waals surface area contributed by atoms with Gasteiger partial charge in [0.05, 0.1) is 6.61 Å². The number of rotatable bonds is 4. The lowest BCUT2D eigenvalue weighted by atomic mass is 9.58. The summed E-state index contributed by atoms with van der Waals surface area (Å²) in [6.45, 7) is 5.25. The molecule has 3 unspecified atom stereocenters. The van der Waals surface area contributed by atoms with E-state index in [2.05, 4.69) is 13.8 Å². The molecule has 0 bridgehead atoms. The van der Waals surface area contributed by atoms with Gasteiger partial charge < -0.3 is 9.84 Å². The maximum atomic E-state index is 10.8. The molecule has 2 rings (SSSR count). The summed E-state index contributed by atoms with van der Waals surface area (Å²) < 4.78 is 5.90. The molecular formula is C15H28O2. The van der Waals surface area contributed by atoms with E-state index < -0.39 is 5.79 Å². The molecule has 100 valence electrons. The molecule has 0 saturated heterocycles. The number of hydrogen-bond donors (Lipinski definition) is 1. The first kappa shape index (κ1) is 13.4. The quantitative estimate of drug-likeness (QED) is 0.597. The van der Waals surface area contributed by atoms with Crippen molar-refractivity contribution in [3.8, 4) is 0 Å². The van der Waals surface area contributed by atoms with Crippen LogP contribution in [-0.4, -0.2) is 17.5 Å². The summed E-state index contributed by atoms with van der Waals surface area (Å²) in [6, 6.07) is 0. The molecule has 0 radical (unpaired) electrons. The van der Waals surface area contributed by atoms with Crippen LogP contribution in [0.4, 0.5) is 0 Å². The highest BCUT2D eigenvalue weighted by Crippen LogP contribution is 2.54. The minimum absolute atomic E-state index is 0.331. The van der Waals surface area contributed by atoms with Crippen LogP contribution in [0.2, 0.25) is 0 Å². The van der Waals surface area contributed by atoms with Gasteiger partial charge in [-0.05, 0) is 37.5 Å². The Morgan fingerprint density at radius 1 is 1.18 bits per heavy atom. The predicted octanol–water partition coefficient (Wildman–Crippen LogP) is 3.87. The molecule has 0 aromatic rings. The second-order valence-corrected chi connectivity index (χ2v) is 6.35. The zero-order chi connectivity index (χ0) is 12.4. The molecule has 1 N–H and O–H groups in total. The van der Waals surface area contributed by atoms with Gasteiger partial charge in [0.25, 0.3) is 0 Å². The molecule has 0 aromatic heterocycles. The van der Waals surface area contributed by atoms with Crippen molar-refractivity contribution in [2.24, 2.45) is 11.3 Å². The van der Waals surface area contributed by atoms with E-state index in [9.17, 15) is 5.11 Å². The maximum Gasteiger partial charge on any atom is 0.168 e. The minimum Gasteiger partial charge on any atom is -0.365 e. The van der Waals surface area contributed by atoms with Gasteiger partial charge in [-0.2, -0.15) is 0 Å². The van der Waals surface area contributed by atoms with Crippen molar-refractivity contribution in [1.82, 2.24) is 0 Å². The van der Waals surface area contributed by atoms with Crippen molar-refractivity contribution in [1.29, 1.82) is 0 Å². The third kappa shape index (κ3) is 2.68. The van der Waals surface area contributed by atoms with Gasteiger partial charge in [0.1, 0.15) is 0 Å². The van der Waals surface area contributed by atoms with E-state index in [-0.39, 0.29) is 0 Å². The first-order valence-corrected chi connectivity index (χ1v) is 7.47. The highest BCUT2D eigenvalue weighted by atomic mass is 16.6. The molecular weight excluding hydrogens is 212 g/mol. The van der Waals surface area contributed by atoms with Crippen LogP contribution >= 0.6 is 0 Å². The Morgan fingerprint density at radius 2 is 1.94 bits per heavy atom. The Bertz CT molecular complexity index is 249. The van der Waals surface area contributed by atoms with E-state index >= 15 is 0 Å². The summed E-state index contributed by atoms with van der Waals surface area (Å²) in [5.41, 5.74) is 0.331. The Balaban J connectivity index is 2.04. The van der Waals surface area contributed by atoms with Crippen molar-refractivity contribution >= 4 is 0 Å². The standard InChI is InChI=1S/C15H28O2/c1-3-4-12-17-15(16)11-7-10-14(2)9-6-5-8-13(14)15/h13,16H,3-12H2,1-2H3. The molecule has 2 heteroatoms. The smallest absolute Gasteiger partial charge is 0.168 e. The van der Waals surface area contributed by atoms with Gasteiger partial charge in [-0.1, -0.05) is 33.1 Å². The van der Waals surface area contributed by atoms with Gasteiger partial charge in [-0.25, -0.2) is 0 Å². The number of ether oxygens (including phenoxy) is 1. The molecule has 0 aromatic carbocycles. The highest BCUT2D eigenvalue weighted by Gasteiger charge is 2.52. The Labute approximate surface area is 106 Å². The van der Waals surface area contributed by atoms with Crippen molar-refractivity contribution in [3.63, 3.8) is 0 Å². The van der Waals surface area contributed by atoms with Gasteiger partial charge in [0.15, 0.2) is 5.79 Å². The van der Waals surface area contributed by atoms with E-state index in [1.165, 1.54) is 25.7 Å². The van der Waals surface area contributed by atoms with Gasteiger partial charge >= 0.3 is 0 Å². The third-order valence-corrected chi connectivity index (χ3v) is 5.01. The average Bonchev–Trinajstić information content (AvgIpc) is 2.29. The summed E-state index contributed by atoms with van der Waals surface area (Å²) in [7, 11) is 0. The van der Waals surface area contributed by atoms with Gasteiger partial charge in [0, 0.05) is 12.3 Å². The van der Waals surface area contributed by atoms with E-state index in [0.717, 1.165) is 38.7 Å². The predicted molar refractivity (Wildman–Crippen MR) is 69.7 cm³/mol. The monoisotopic (exact) mass is 240 g/mol.